The summed E-state index contributed by atoms with van der Waals surface area (Å²) < 4.78 is 36.6. The lowest BCUT2D eigenvalue weighted by Crippen LogP contribution is -2.40. The van der Waals surface area contributed by atoms with Crippen molar-refractivity contribution in [1.29, 1.82) is 0 Å². The molecule has 0 spiro atoms. The molecule has 0 heterocycles. The van der Waals surface area contributed by atoms with Crippen molar-refractivity contribution in [3.8, 4) is 0 Å². The van der Waals surface area contributed by atoms with Crippen molar-refractivity contribution in [1.82, 2.24) is 5.32 Å². The van der Waals surface area contributed by atoms with E-state index in [0.717, 1.165) is 12.8 Å². The minimum absolute atomic E-state index is 0.229. The van der Waals surface area contributed by atoms with Crippen LogP contribution in [0.1, 0.15) is 47.0 Å². The molecule has 0 radical (unpaired) electrons. The molecule has 0 aromatic heterocycles. The molecule has 1 saturated carbocycles. The second-order valence-electron chi connectivity index (χ2n) is 6.04. The van der Waals surface area contributed by atoms with Gasteiger partial charge < -0.3 is 5.32 Å². The maximum atomic E-state index is 12.2. The van der Waals surface area contributed by atoms with Crippen molar-refractivity contribution in [3.05, 3.63) is 0 Å². The molecule has 0 bridgehead atoms. The van der Waals surface area contributed by atoms with Gasteiger partial charge in [0.2, 0.25) is 0 Å². The molecule has 4 heteroatoms. The number of hydrogen-bond acceptors (Lipinski definition) is 1. The summed E-state index contributed by atoms with van der Waals surface area (Å²) in [5.74, 6) is 0.464. The van der Waals surface area contributed by atoms with E-state index in [9.17, 15) is 13.2 Å². The van der Waals surface area contributed by atoms with E-state index in [0.29, 0.717) is 5.92 Å². The van der Waals surface area contributed by atoms with Crippen molar-refractivity contribution >= 4 is 0 Å². The molecule has 0 aromatic rings. The van der Waals surface area contributed by atoms with Gasteiger partial charge in [-0.15, -0.1) is 0 Å². The van der Waals surface area contributed by atoms with Gasteiger partial charge in [0.25, 0.3) is 0 Å². The normalized spacial score (nSPS) is 31.7. The summed E-state index contributed by atoms with van der Waals surface area (Å²) in [5, 5.41) is 3.12. The molecule has 0 aliphatic heterocycles. The van der Waals surface area contributed by atoms with Gasteiger partial charge in [0.1, 0.15) is 0 Å². The minimum Gasteiger partial charge on any atom is -0.311 e. The van der Waals surface area contributed by atoms with Crippen LogP contribution in [-0.4, -0.2) is 18.3 Å². The number of halogens is 3. The van der Waals surface area contributed by atoms with Gasteiger partial charge in [0, 0.05) is 12.1 Å². The molecule has 16 heavy (non-hydrogen) atoms. The summed E-state index contributed by atoms with van der Waals surface area (Å²) in [4.78, 5) is 0. The summed E-state index contributed by atoms with van der Waals surface area (Å²) >= 11 is 0. The topological polar surface area (TPSA) is 12.0 Å². The quantitative estimate of drug-likeness (QED) is 0.788. The first-order valence-electron chi connectivity index (χ1n) is 5.92. The Balaban J connectivity index is 2.43. The average molecular weight is 237 g/mol. The Morgan fingerprint density at radius 3 is 2.25 bits per heavy atom. The van der Waals surface area contributed by atoms with Crippen LogP contribution in [0.15, 0.2) is 0 Å². The molecule has 0 aromatic carbocycles. The number of hydrogen-bond donors (Lipinski definition) is 1. The van der Waals surface area contributed by atoms with Crippen molar-refractivity contribution in [2.75, 3.05) is 0 Å². The zero-order chi connectivity index (χ0) is 12.6. The smallest absolute Gasteiger partial charge is 0.311 e. The van der Waals surface area contributed by atoms with Gasteiger partial charge in [0.05, 0.1) is 6.42 Å². The molecule has 1 N–H and O–H groups in total. The molecule has 1 nitrogen and oxygen atoms in total. The predicted octanol–water partition coefficient (Wildman–Crippen LogP) is 3.74. The van der Waals surface area contributed by atoms with Crippen LogP contribution in [0.4, 0.5) is 13.2 Å². The molecule has 1 aliphatic carbocycles. The van der Waals surface area contributed by atoms with E-state index in [1.54, 1.807) is 6.92 Å². The first-order valence-corrected chi connectivity index (χ1v) is 5.92. The largest absolute Gasteiger partial charge is 0.390 e. The Morgan fingerprint density at radius 2 is 1.88 bits per heavy atom. The second-order valence-corrected chi connectivity index (χ2v) is 6.04. The lowest BCUT2D eigenvalue weighted by molar-refractivity contribution is -0.139. The highest BCUT2D eigenvalue weighted by Crippen LogP contribution is 2.41. The van der Waals surface area contributed by atoms with Gasteiger partial charge in [-0.1, -0.05) is 20.8 Å². The van der Waals surface area contributed by atoms with Crippen LogP contribution in [0.2, 0.25) is 0 Å². The van der Waals surface area contributed by atoms with Gasteiger partial charge in [-0.3, -0.25) is 0 Å². The lowest BCUT2D eigenvalue weighted by atomic mass is 9.91. The number of alkyl halides is 3. The van der Waals surface area contributed by atoms with E-state index in [1.165, 1.54) is 0 Å². The molecule has 96 valence electrons. The standard InChI is InChI=1S/C12H22F3N/c1-8-5-11(3,4)7-10(8)16-9(2)6-12(13,14)15/h8-10,16H,5-7H2,1-4H3. The van der Waals surface area contributed by atoms with E-state index in [-0.39, 0.29) is 11.5 Å². The molecular weight excluding hydrogens is 215 g/mol. The Kier molecular flexibility index (Phi) is 3.93. The maximum Gasteiger partial charge on any atom is 0.390 e. The molecular formula is C12H22F3N. The highest BCUT2D eigenvalue weighted by atomic mass is 19.4. The molecule has 3 unspecified atom stereocenters. The molecule has 3 atom stereocenters. The fourth-order valence-electron chi connectivity index (χ4n) is 2.89. The number of rotatable bonds is 3. The van der Waals surface area contributed by atoms with E-state index in [1.807, 2.05) is 0 Å². The molecule has 1 aliphatic rings. The first kappa shape index (κ1) is 13.8. The lowest BCUT2D eigenvalue weighted by Gasteiger charge is -2.24. The van der Waals surface area contributed by atoms with Crippen molar-refractivity contribution in [3.63, 3.8) is 0 Å². The van der Waals surface area contributed by atoms with E-state index >= 15 is 0 Å². The third kappa shape index (κ3) is 4.32. The Morgan fingerprint density at radius 1 is 1.31 bits per heavy atom. The summed E-state index contributed by atoms with van der Waals surface area (Å²) in [7, 11) is 0. The Labute approximate surface area is 95.8 Å². The summed E-state index contributed by atoms with van der Waals surface area (Å²) in [6, 6.07) is -0.256. The fourth-order valence-corrected chi connectivity index (χ4v) is 2.89. The minimum atomic E-state index is -4.07. The predicted molar refractivity (Wildman–Crippen MR) is 59.2 cm³/mol. The van der Waals surface area contributed by atoms with Crippen molar-refractivity contribution in [2.24, 2.45) is 11.3 Å². The van der Waals surface area contributed by atoms with Crippen LogP contribution in [-0.2, 0) is 0 Å². The van der Waals surface area contributed by atoms with Crippen LogP contribution < -0.4 is 5.32 Å². The Hall–Kier alpha value is -0.250. The van der Waals surface area contributed by atoms with Crippen LogP contribution in [0.25, 0.3) is 0 Å². The summed E-state index contributed by atoms with van der Waals surface area (Å²) in [6.45, 7) is 8.09. The number of nitrogens with one attached hydrogen (secondary N) is 1. The summed E-state index contributed by atoms with van der Waals surface area (Å²) in [6.07, 6.45) is -2.75. The first-order chi connectivity index (χ1) is 7.09. The third-order valence-electron chi connectivity index (χ3n) is 3.37. The maximum absolute atomic E-state index is 12.2. The van der Waals surface area contributed by atoms with Gasteiger partial charge in [-0.2, -0.15) is 13.2 Å². The molecule has 0 amide bonds. The second kappa shape index (κ2) is 4.55. The van der Waals surface area contributed by atoms with Gasteiger partial charge in [-0.05, 0) is 31.1 Å². The van der Waals surface area contributed by atoms with Gasteiger partial charge in [-0.25, -0.2) is 0 Å². The van der Waals surface area contributed by atoms with Gasteiger partial charge >= 0.3 is 6.18 Å². The summed E-state index contributed by atoms with van der Waals surface area (Å²) in [5.41, 5.74) is 0.259. The highest BCUT2D eigenvalue weighted by Gasteiger charge is 2.38. The zero-order valence-electron chi connectivity index (χ0n) is 10.5. The Bertz CT molecular complexity index is 235. The van der Waals surface area contributed by atoms with Crippen LogP contribution in [0.3, 0.4) is 0 Å². The van der Waals surface area contributed by atoms with Crippen LogP contribution >= 0.6 is 0 Å². The molecule has 1 fully saturated rings. The van der Waals surface area contributed by atoms with E-state index in [2.05, 4.69) is 26.1 Å². The third-order valence-corrected chi connectivity index (χ3v) is 3.37. The van der Waals surface area contributed by atoms with Crippen molar-refractivity contribution in [2.45, 2.75) is 65.2 Å². The molecule has 0 saturated heterocycles. The van der Waals surface area contributed by atoms with Crippen LogP contribution in [0, 0.1) is 11.3 Å². The van der Waals surface area contributed by atoms with E-state index in [4.69, 9.17) is 0 Å². The van der Waals surface area contributed by atoms with Crippen LogP contribution in [0.5, 0.6) is 0 Å². The van der Waals surface area contributed by atoms with Crippen molar-refractivity contribution < 1.29 is 13.2 Å². The molecule has 1 rings (SSSR count). The average Bonchev–Trinajstić information content (AvgIpc) is 2.19. The van der Waals surface area contributed by atoms with Gasteiger partial charge in [0.15, 0.2) is 0 Å². The monoisotopic (exact) mass is 237 g/mol. The highest BCUT2D eigenvalue weighted by molar-refractivity contribution is 4.92. The zero-order valence-corrected chi connectivity index (χ0v) is 10.5. The fraction of sp³-hybridized carbons (Fsp3) is 1.00. The van der Waals surface area contributed by atoms with E-state index < -0.39 is 18.6 Å². The SMILES string of the molecule is CC(CC(F)(F)F)NC1CC(C)(C)CC1C.